The van der Waals surface area contributed by atoms with E-state index in [9.17, 15) is 0 Å². The van der Waals surface area contributed by atoms with E-state index in [0.717, 1.165) is 16.3 Å². The van der Waals surface area contributed by atoms with Gasteiger partial charge in [0.1, 0.15) is 6.95 Å². The van der Waals surface area contributed by atoms with Crippen molar-refractivity contribution >= 4 is 43.3 Å². The van der Waals surface area contributed by atoms with Gasteiger partial charge in [-0.3, -0.25) is 0 Å². The van der Waals surface area contributed by atoms with E-state index in [1.54, 1.807) is 18.2 Å². The van der Waals surface area contributed by atoms with E-state index in [1.165, 1.54) is 0 Å². The van der Waals surface area contributed by atoms with E-state index in [0.29, 0.717) is 27.5 Å². The third-order valence-electron chi connectivity index (χ3n) is 7.03. The van der Waals surface area contributed by atoms with Gasteiger partial charge in [0.05, 0.1) is 21.3 Å². The van der Waals surface area contributed by atoms with Crippen molar-refractivity contribution in [3.8, 4) is 33.4 Å². The van der Waals surface area contributed by atoms with Gasteiger partial charge in [0.2, 0.25) is 0 Å². The fourth-order valence-electron chi connectivity index (χ4n) is 5.35. The lowest BCUT2D eigenvalue weighted by Gasteiger charge is -2.17. The molecule has 0 radical (unpaired) electrons. The minimum Gasteiger partial charge on any atom is -0.464 e. The number of rotatable bonds is 3. The summed E-state index contributed by atoms with van der Waals surface area (Å²) >= 11 is 0. The van der Waals surface area contributed by atoms with E-state index in [2.05, 4.69) is 0 Å². The van der Waals surface area contributed by atoms with Gasteiger partial charge in [-0.2, -0.15) is 0 Å². The second kappa shape index (κ2) is 8.72. The first-order valence-corrected chi connectivity index (χ1v) is 12.4. The van der Waals surface area contributed by atoms with Gasteiger partial charge in [-0.1, -0.05) is 121 Å². The van der Waals surface area contributed by atoms with Crippen molar-refractivity contribution in [1.82, 2.24) is 0 Å². The van der Waals surface area contributed by atoms with Crippen LogP contribution in [0.5, 0.6) is 0 Å². The molecular weight excluding hydrogens is 472 g/mol. The molecule has 1 heterocycles. The lowest BCUT2D eigenvalue weighted by Crippen LogP contribution is -1.91. The zero-order chi connectivity index (χ0) is 36.2. The molecule has 0 atom stereocenters. The van der Waals surface area contributed by atoms with Crippen LogP contribution >= 0.6 is 0 Å². The maximum absolute atomic E-state index is 9.08. The zero-order valence-corrected chi connectivity index (χ0v) is 20.3. The van der Waals surface area contributed by atoms with E-state index in [1.807, 2.05) is 54.6 Å². The largest absolute Gasteiger partial charge is 0.464 e. The van der Waals surface area contributed by atoms with Gasteiger partial charge in [-0.25, -0.2) is 0 Å². The van der Waals surface area contributed by atoms with Crippen LogP contribution in [-0.2, 0) is 0 Å². The summed E-state index contributed by atoms with van der Waals surface area (Å²) in [5.41, 5.74) is 2.65. The van der Waals surface area contributed by atoms with Crippen molar-refractivity contribution in [2.45, 2.75) is 0 Å². The van der Waals surface area contributed by atoms with Gasteiger partial charge in [-0.15, -0.1) is 0 Å². The highest BCUT2D eigenvalue weighted by atomic mass is 16.3. The second-order valence-electron chi connectivity index (χ2n) is 9.21. The highest BCUT2D eigenvalue weighted by molar-refractivity contribution is 6.23. The molecule has 0 saturated heterocycles. The van der Waals surface area contributed by atoms with Crippen LogP contribution in [0.3, 0.4) is 0 Å². The Morgan fingerprint density at radius 3 is 1.90 bits per heavy atom. The second-order valence-corrected chi connectivity index (χ2v) is 9.21. The fraction of sp³-hybridized carbons (Fsp3) is 0. The number of hydrogen-bond acceptors (Lipinski definition) is 1. The summed E-state index contributed by atoms with van der Waals surface area (Å²) in [4.78, 5) is 0. The predicted molar refractivity (Wildman–Crippen MR) is 165 cm³/mol. The summed E-state index contributed by atoms with van der Waals surface area (Å²) in [7, 11) is 0. The van der Waals surface area contributed by atoms with Crippen LogP contribution in [0.4, 0.5) is 0 Å². The minimum absolute atomic E-state index is 0.0578. The van der Waals surface area contributed by atoms with E-state index in [-0.39, 0.29) is 63.3 Å². The first-order chi connectivity index (χ1) is 24.3. The van der Waals surface area contributed by atoms with Crippen LogP contribution in [0.15, 0.2) is 150 Å². The highest BCUT2D eigenvalue weighted by Crippen LogP contribution is 2.46. The van der Waals surface area contributed by atoms with Crippen LogP contribution in [0.2, 0.25) is 0 Å². The minimum atomic E-state index is -0.530. The third-order valence-corrected chi connectivity index (χ3v) is 7.03. The van der Waals surface area contributed by atoms with Crippen LogP contribution in [0.1, 0.15) is 16.4 Å². The Kier molecular flexibility index (Phi) is 2.92. The van der Waals surface area contributed by atoms with Crippen LogP contribution < -0.4 is 0 Å². The molecule has 8 aromatic rings. The predicted octanol–water partition coefficient (Wildman–Crippen LogP) is 10.9. The third kappa shape index (κ3) is 3.48. The molecular formula is C38H24O. The molecule has 1 heteroatoms. The SMILES string of the molecule is [2H]c1oc2c([2H])c([2H])c([2H])c([2H])c2c1-c1c2ccccc2c(-c2cccc(-c3c([2H])c([2H])c4c([2H])c([2H])c([2H])c([2H])c4c3[2H])c2)c2ccccc12. The standard InChI is InChI=1S/C38H24O/c1-2-11-26-22-28(21-20-25(26)10-1)27-12-9-13-29(23-27)37-31-15-3-5-17-33(31)38(34-18-6-4-16-32(34)37)35-24-39-36-19-8-7-14-30(35)36/h1-24H/i1D,2D,7D,8D,10D,11D,14D,19D,20D,21D,22D,24D. The Morgan fingerprint density at radius 2 is 1.13 bits per heavy atom. The average molecular weight is 509 g/mol. The van der Waals surface area contributed by atoms with E-state index < -0.39 is 42.3 Å². The molecule has 182 valence electrons. The normalized spacial score (nSPS) is 15.9. The fourth-order valence-corrected chi connectivity index (χ4v) is 5.35. The quantitative estimate of drug-likeness (QED) is 0.216. The van der Waals surface area contributed by atoms with Crippen LogP contribution in [-0.4, -0.2) is 0 Å². The van der Waals surface area contributed by atoms with Crippen molar-refractivity contribution in [2.24, 2.45) is 0 Å². The van der Waals surface area contributed by atoms with Crippen LogP contribution in [0.25, 0.3) is 76.7 Å². The monoisotopic (exact) mass is 508 g/mol. The lowest BCUT2D eigenvalue weighted by molar-refractivity contribution is 0.617. The van der Waals surface area contributed by atoms with Gasteiger partial charge < -0.3 is 4.42 Å². The van der Waals surface area contributed by atoms with Gasteiger partial charge in [0.25, 0.3) is 0 Å². The summed E-state index contributed by atoms with van der Waals surface area (Å²) in [6.07, 6.45) is -0.298. The Morgan fingerprint density at radius 1 is 0.487 bits per heavy atom. The van der Waals surface area contributed by atoms with Gasteiger partial charge >= 0.3 is 0 Å². The number of furan rings is 1. The lowest BCUT2D eigenvalue weighted by atomic mass is 9.85. The van der Waals surface area contributed by atoms with Gasteiger partial charge in [-0.05, 0) is 72.7 Å². The summed E-state index contributed by atoms with van der Waals surface area (Å²) in [5, 5.41) is 2.71. The Labute approximate surface area is 243 Å². The molecule has 0 N–H and O–H groups in total. The molecule has 8 rings (SSSR count). The summed E-state index contributed by atoms with van der Waals surface area (Å²) in [6.45, 7) is 0. The average Bonchev–Trinajstić information content (AvgIpc) is 3.48. The summed E-state index contributed by atoms with van der Waals surface area (Å²) in [6, 6.07) is 17.6. The Balaban J connectivity index is 1.45. The molecule has 0 aliphatic carbocycles. The molecule has 0 aliphatic rings. The van der Waals surface area contributed by atoms with Gasteiger partial charge in [0, 0.05) is 16.5 Å². The van der Waals surface area contributed by atoms with Crippen molar-refractivity contribution in [3.63, 3.8) is 0 Å². The van der Waals surface area contributed by atoms with Crippen molar-refractivity contribution in [1.29, 1.82) is 0 Å². The molecule has 0 bridgehead atoms. The van der Waals surface area contributed by atoms with E-state index >= 15 is 0 Å². The molecule has 0 fully saturated rings. The maximum atomic E-state index is 9.08. The maximum Gasteiger partial charge on any atom is 0.134 e. The molecule has 0 unspecified atom stereocenters. The first-order valence-electron chi connectivity index (χ1n) is 18.4. The number of para-hydroxylation sites is 1. The molecule has 0 spiro atoms. The van der Waals surface area contributed by atoms with Crippen molar-refractivity contribution in [3.05, 3.63) is 146 Å². The smallest absolute Gasteiger partial charge is 0.134 e. The molecule has 39 heavy (non-hydrogen) atoms. The number of hydrogen-bond donors (Lipinski definition) is 0. The van der Waals surface area contributed by atoms with Crippen molar-refractivity contribution in [2.75, 3.05) is 0 Å². The Bertz CT molecular complexity index is 2780. The molecule has 7 aromatic carbocycles. The summed E-state index contributed by atoms with van der Waals surface area (Å²) in [5.74, 6) is 0. The molecule has 1 aromatic heterocycles. The van der Waals surface area contributed by atoms with Crippen LogP contribution in [0, 0.1) is 0 Å². The molecule has 0 saturated carbocycles. The summed E-state index contributed by atoms with van der Waals surface area (Å²) < 4.78 is 108. The van der Waals surface area contributed by atoms with E-state index in [4.69, 9.17) is 20.9 Å². The number of benzene rings is 7. The first kappa shape index (κ1) is 13.1. The highest BCUT2D eigenvalue weighted by Gasteiger charge is 2.19. The zero-order valence-electron chi connectivity index (χ0n) is 32.3. The number of fused-ring (bicyclic) bond motifs is 4. The Hall–Kier alpha value is -5.14. The van der Waals surface area contributed by atoms with Gasteiger partial charge in [0.15, 0.2) is 0 Å². The molecule has 0 aliphatic heterocycles. The molecule has 1 nitrogen and oxygen atoms in total. The topological polar surface area (TPSA) is 13.1 Å². The van der Waals surface area contributed by atoms with Crippen molar-refractivity contribution < 1.29 is 20.9 Å². The molecule has 0 amide bonds.